The number of benzene rings is 1. The topological polar surface area (TPSA) is 55.6 Å². The first-order valence-electron chi connectivity index (χ1n) is 6.01. The Morgan fingerprint density at radius 3 is 2.28 bits per heavy atom. The monoisotopic (exact) mass is 250 g/mol. The number of ether oxygens (including phenoxy) is 1. The molecule has 0 heterocycles. The molecule has 0 fully saturated rings. The first-order chi connectivity index (χ1) is 8.36. The van der Waals surface area contributed by atoms with Gasteiger partial charge in [-0.15, -0.1) is 0 Å². The molecule has 1 atom stereocenters. The molecular formula is C14H22N2O2. The van der Waals surface area contributed by atoms with E-state index in [0.717, 1.165) is 22.4 Å². The van der Waals surface area contributed by atoms with Crippen LogP contribution >= 0.6 is 0 Å². The second-order valence-electron chi connectivity index (χ2n) is 4.75. The van der Waals surface area contributed by atoms with Crippen molar-refractivity contribution in [2.24, 2.45) is 5.73 Å². The highest BCUT2D eigenvalue weighted by atomic mass is 16.5. The highest BCUT2D eigenvalue weighted by Crippen LogP contribution is 2.24. The number of likely N-dealkylation sites (N-methyl/N-ethyl adjacent to an activating group) is 1. The van der Waals surface area contributed by atoms with E-state index in [1.807, 2.05) is 26.0 Å². The van der Waals surface area contributed by atoms with Crippen molar-refractivity contribution >= 4 is 5.91 Å². The summed E-state index contributed by atoms with van der Waals surface area (Å²) < 4.78 is 5.32. The molecule has 0 saturated heterocycles. The molecule has 18 heavy (non-hydrogen) atoms. The van der Waals surface area contributed by atoms with Crippen LogP contribution in [-0.2, 0) is 11.3 Å². The van der Waals surface area contributed by atoms with Crippen LogP contribution in [0, 0.1) is 13.8 Å². The number of aryl methyl sites for hydroxylation is 2. The van der Waals surface area contributed by atoms with E-state index in [1.165, 1.54) is 0 Å². The molecule has 0 saturated carbocycles. The molecule has 1 unspecified atom stereocenters. The van der Waals surface area contributed by atoms with Gasteiger partial charge in [0, 0.05) is 13.6 Å². The minimum atomic E-state index is -0.463. The molecule has 0 spiro atoms. The number of rotatable bonds is 4. The van der Waals surface area contributed by atoms with Crippen molar-refractivity contribution < 1.29 is 9.53 Å². The lowest BCUT2D eigenvalue weighted by molar-refractivity contribution is -0.131. The average Bonchev–Trinajstić information content (AvgIpc) is 2.27. The van der Waals surface area contributed by atoms with Gasteiger partial charge >= 0.3 is 0 Å². The molecule has 0 radical (unpaired) electrons. The minimum absolute atomic E-state index is 0.0545. The third kappa shape index (κ3) is 3.23. The summed E-state index contributed by atoms with van der Waals surface area (Å²) >= 11 is 0. The average molecular weight is 250 g/mol. The van der Waals surface area contributed by atoms with Gasteiger partial charge in [-0.05, 0) is 37.5 Å². The number of hydrogen-bond donors (Lipinski definition) is 1. The van der Waals surface area contributed by atoms with Crippen LogP contribution in [0.1, 0.15) is 23.6 Å². The minimum Gasteiger partial charge on any atom is -0.496 e. The summed E-state index contributed by atoms with van der Waals surface area (Å²) in [6.07, 6.45) is 0. The van der Waals surface area contributed by atoms with Gasteiger partial charge in [-0.1, -0.05) is 12.1 Å². The van der Waals surface area contributed by atoms with Gasteiger partial charge in [0.05, 0.1) is 13.2 Å². The summed E-state index contributed by atoms with van der Waals surface area (Å²) in [4.78, 5) is 13.4. The van der Waals surface area contributed by atoms with Crippen molar-refractivity contribution in [1.82, 2.24) is 4.90 Å². The van der Waals surface area contributed by atoms with Crippen LogP contribution in [0.25, 0.3) is 0 Å². The number of amides is 1. The van der Waals surface area contributed by atoms with Crippen LogP contribution in [0.3, 0.4) is 0 Å². The number of carbonyl (C=O) groups is 1. The fraction of sp³-hybridized carbons (Fsp3) is 0.500. The second-order valence-corrected chi connectivity index (χ2v) is 4.75. The summed E-state index contributed by atoms with van der Waals surface area (Å²) in [5, 5.41) is 0. The van der Waals surface area contributed by atoms with Gasteiger partial charge in [-0.25, -0.2) is 0 Å². The van der Waals surface area contributed by atoms with E-state index in [1.54, 1.807) is 26.0 Å². The smallest absolute Gasteiger partial charge is 0.239 e. The maximum absolute atomic E-state index is 11.7. The van der Waals surface area contributed by atoms with Crippen LogP contribution in [0.2, 0.25) is 0 Å². The fourth-order valence-corrected chi connectivity index (χ4v) is 2.15. The second kappa shape index (κ2) is 5.87. The standard InChI is InChI=1S/C14H22N2O2/c1-9-6-12(7-10(2)13(9)18-5)8-16(4)14(17)11(3)15/h6-7,11H,8,15H2,1-5H3. The summed E-state index contributed by atoms with van der Waals surface area (Å²) in [6, 6.07) is 3.61. The van der Waals surface area contributed by atoms with E-state index in [9.17, 15) is 4.79 Å². The van der Waals surface area contributed by atoms with Crippen molar-refractivity contribution in [2.45, 2.75) is 33.4 Å². The van der Waals surface area contributed by atoms with Crippen molar-refractivity contribution in [2.75, 3.05) is 14.2 Å². The number of carbonyl (C=O) groups excluding carboxylic acids is 1. The Morgan fingerprint density at radius 2 is 1.89 bits per heavy atom. The van der Waals surface area contributed by atoms with Crippen molar-refractivity contribution in [1.29, 1.82) is 0 Å². The van der Waals surface area contributed by atoms with Crippen LogP contribution in [-0.4, -0.2) is 31.0 Å². The van der Waals surface area contributed by atoms with E-state index in [-0.39, 0.29) is 5.91 Å². The predicted octanol–water partition coefficient (Wildman–Crippen LogP) is 1.62. The van der Waals surface area contributed by atoms with Crippen molar-refractivity contribution in [3.05, 3.63) is 28.8 Å². The molecule has 0 aliphatic heterocycles. The molecule has 1 aromatic rings. The molecule has 100 valence electrons. The van der Waals surface area contributed by atoms with Gasteiger partial charge in [0.15, 0.2) is 0 Å². The Morgan fingerprint density at radius 1 is 1.39 bits per heavy atom. The first kappa shape index (κ1) is 14.5. The predicted molar refractivity (Wildman–Crippen MR) is 72.6 cm³/mol. The van der Waals surface area contributed by atoms with E-state index < -0.39 is 6.04 Å². The molecule has 0 bridgehead atoms. The van der Waals surface area contributed by atoms with Crippen LogP contribution in [0.5, 0.6) is 5.75 Å². The summed E-state index contributed by atoms with van der Waals surface area (Å²) in [5.74, 6) is 0.848. The van der Waals surface area contributed by atoms with Gasteiger partial charge in [0.1, 0.15) is 5.75 Å². The zero-order valence-electron chi connectivity index (χ0n) is 11.8. The zero-order valence-corrected chi connectivity index (χ0v) is 11.8. The highest BCUT2D eigenvalue weighted by molar-refractivity contribution is 5.80. The molecule has 0 aliphatic carbocycles. The van der Waals surface area contributed by atoms with Gasteiger partial charge in [-0.3, -0.25) is 4.79 Å². The Labute approximate surface area is 109 Å². The molecule has 4 nitrogen and oxygen atoms in total. The SMILES string of the molecule is COc1c(C)cc(CN(C)C(=O)C(C)N)cc1C. The van der Waals surface area contributed by atoms with Gasteiger partial charge in [0.2, 0.25) is 5.91 Å². The Bertz CT molecular complexity index is 418. The number of methoxy groups -OCH3 is 1. The summed E-state index contributed by atoms with van der Waals surface area (Å²) in [7, 11) is 3.43. The zero-order chi connectivity index (χ0) is 13.9. The molecule has 4 heteroatoms. The summed E-state index contributed by atoms with van der Waals surface area (Å²) in [6.45, 7) is 6.26. The first-order valence-corrected chi connectivity index (χ1v) is 6.01. The molecule has 0 aromatic heterocycles. The molecule has 0 aliphatic rings. The van der Waals surface area contributed by atoms with Crippen LogP contribution in [0.4, 0.5) is 0 Å². The maximum atomic E-state index is 11.7. The Balaban J connectivity index is 2.89. The third-order valence-corrected chi connectivity index (χ3v) is 2.91. The van der Waals surface area contributed by atoms with Crippen LogP contribution < -0.4 is 10.5 Å². The third-order valence-electron chi connectivity index (χ3n) is 2.91. The number of nitrogens with zero attached hydrogens (tertiary/aromatic N) is 1. The lowest BCUT2D eigenvalue weighted by Crippen LogP contribution is -2.39. The molecule has 2 N–H and O–H groups in total. The molecular weight excluding hydrogens is 228 g/mol. The van der Waals surface area contributed by atoms with Crippen LogP contribution in [0.15, 0.2) is 12.1 Å². The Kier molecular flexibility index (Phi) is 4.73. The van der Waals surface area contributed by atoms with E-state index in [2.05, 4.69) is 0 Å². The quantitative estimate of drug-likeness (QED) is 0.883. The molecule has 1 rings (SSSR count). The number of hydrogen-bond acceptors (Lipinski definition) is 3. The Hall–Kier alpha value is -1.55. The molecule has 1 amide bonds. The van der Waals surface area contributed by atoms with Crippen molar-refractivity contribution in [3.8, 4) is 5.75 Å². The summed E-state index contributed by atoms with van der Waals surface area (Å²) in [5.41, 5.74) is 8.83. The largest absolute Gasteiger partial charge is 0.496 e. The fourth-order valence-electron chi connectivity index (χ4n) is 2.15. The van der Waals surface area contributed by atoms with E-state index in [0.29, 0.717) is 6.54 Å². The molecule has 1 aromatic carbocycles. The van der Waals surface area contributed by atoms with Gasteiger partial charge < -0.3 is 15.4 Å². The lowest BCUT2D eigenvalue weighted by Gasteiger charge is -2.20. The van der Waals surface area contributed by atoms with E-state index >= 15 is 0 Å². The highest BCUT2D eigenvalue weighted by Gasteiger charge is 2.14. The lowest BCUT2D eigenvalue weighted by atomic mass is 10.1. The van der Waals surface area contributed by atoms with Gasteiger partial charge in [-0.2, -0.15) is 0 Å². The van der Waals surface area contributed by atoms with Crippen molar-refractivity contribution in [3.63, 3.8) is 0 Å². The normalized spacial score (nSPS) is 12.1. The van der Waals surface area contributed by atoms with Gasteiger partial charge in [0.25, 0.3) is 0 Å². The maximum Gasteiger partial charge on any atom is 0.239 e. The number of nitrogens with two attached hydrogens (primary N) is 1. The van der Waals surface area contributed by atoms with E-state index in [4.69, 9.17) is 10.5 Å².